The van der Waals surface area contributed by atoms with Crippen molar-refractivity contribution in [3.63, 3.8) is 0 Å². The molecule has 8 nitrogen and oxygen atoms in total. The van der Waals surface area contributed by atoms with E-state index in [9.17, 15) is 26.4 Å². The maximum absolute atomic E-state index is 13.2. The van der Waals surface area contributed by atoms with Crippen molar-refractivity contribution in [2.24, 2.45) is 0 Å². The van der Waals surface area contributed by atoms with Gasteiger partial charge in [0, 0.05) is 24.0 Å². The zero-order valence-corrected chi connectivity index (χ0v) is 22.1. The van der Waals surface area contributed by atoms with E-state index in [1.165, 1.54) is 54.2 Å². The number of alkyl halides is 3. The number of ether oxygens (including phenoxy) is 1. The molecule has 208 valence electrons. The van der Waals surface area contributed by atoms with Crippen molar-refractivity contribution < 1.29 is 31.1 Å². The molecule has 12 heteroatoms. The second kappa shape index (κ2) is 11.8. The molecule has 0 aliphatic carbocycles. The third kappa shape index (κ3) is 6.41. The Bertz CT molecular complexity index is 1590. The van der Waals surface area contributed by atoms with Crippen molar-refractivity contribution in [1.29, 1.82) is 0 Å². The van der Waals surface area contributed by atoms with Crippen molar-refractivity contribution in [3.05, 3.63) is 103 Å². The van der Waals surface area contributed by atoms with Crippen LogP contribution in [0.5, 0.6) is 5.75 Å². The molecule has 3 aromatic carbocycles. The van der Waals surface area contributed by atoms with Gasteiger partial charge in [0.05, 0.1) is 29.8 Å². The molecule has 0 fully saturated rings. The minimum Gasteiger partial charge on any atom is -0.497 e. The molecule has 4 aromatic rings. The average molecular weight is 571 g/mol. The van der Waals surface area contributed by atoms with Crippen LogP contribution in [0.2, 0.25) is 0 Å². The molecule has 1 heterocycles. The smallest absolute Gasteiger partial charge is 0.416 e. The highest BCUT2D eigenvalue weighted by Crippen LogP contribution is 2.31. The van der Waals surface area contributed by atoms with Gasteiger partial charge < -0.3 is 4.74 Å². The van der Waals surface area contributed by atoms with Crippen LogP contribution in [0.3, 0.4) is 0 Å². The molecular formula is C28H25F3N4O4S. The summed E-state index contributed by atoms with van der Waals surface area (Å²) in [5.41, 5.74) is 0.643. The van der Waals surface area contributed by atoms with E-state index in [0.29, 0.717) is 22.7 Å². The van der Waals surface area contributed by atoms with Gasteiger partial charge in [-0.25, -0.2) is 13.4 Å². The summed E-state index contributed by atoms with van der Waals surface area (Å²) < 4.78 is 73.2. The van der Waals surface area contributed by atoms with Crippen LogP contribution >= 0.6 is 0 Å². The van der Waals surface area contributed by atoms with E-state index in [1.54, 1.807) is 30.5 Å². The lowest BCUT2D eigenvalue weighted by atomic mass is 10.2. The largest absolute Gasteiger partial charge is 0.497 e. The zero-order chi connectivity index (χ0) is 28.9. The molecule has 40 heavy (non-hydrogen) atoms. The first-order chi connectivity index (χ1) is 19.0. The Morgan fingerprint density at radius 1 is 1.05 bits per heavy atom. The first-order valence-electron chi connectivity index (χ1n) is 11.9. The average Bonchev–Trinajstić information content (AvgIpc) is 3.36. The van der Waals surface area contributed by atoms with Crippen molar-refractivity contribution in [2.75, 3.05) is 25.5 Å². The molecule has 1 aromatic heterocycles. The number of imidazole rings is 1. The quantitative estimate of drug-likeness (QED) is 0.259. The lowest BCUT2D eigenvalue weighted by molar-refractivity contribution is -0.137. The van der Waals surface area contributed by atoms with Crippen molar-refractivity contribution in [1.82, 2.24) is 13.9 Å². The maximum Gasteiger partial charge on any atom is 0.416 e. The minimum absolute atomic E-state index is 0.00371. The molecule has 0 aliphatic heterocycles. The van der Waals surface area contributed by atoms with Crippen LogP contribution in [0, 0.1) is 0 Å². The zero-order valence-electron chi connectivity index (χ0n) is 21.3. The molecule has 0 bridgehead atoms. The van der Waals surface area contributed by atoms with Gasteiger partial charge >= 0.3 is 6.18 Å². The number of nitrogens with zero attached hydrogens (tertiary/aromatic N) is 3. The van der Waals surface area contributed by atoms with Gasteiger partial charge in [0.2, 0.25) is 21.9 Å². The van der Waals surface area contributed by atoms with Crippen LogP contribution < -0.4 is 10.1 Å². The summed E-state index contributed by atoms with van der Waals surface area (Å²) in [6.45, 7) is 2.87. The molecule has 1 N–H and O–H groups in total. The first-order valence-corrected chi connectivity index (χ1v) is 13.3. The van der Waals surface area contributed by atoms with E-state index in [0.717, 1.165) is 16.4 Å². The molecule has 0 saturated heterocycles. The van der Waals surface area contributed by atoms with Crippen molar-refractivity contribution >= 4 is 21.9 Å². The maximum atomic E-state index is 13.2. The Labute approximate surface area is 229 Å². The monoisotopic (exact) mass is 570 g/mol. The van der Waals surface area contributed by atoms with Crippen LogP contribution in [0.1, 0.15) is 5.56 Å². The highest BCUT2D eigenvalue weighted by Gasteiger charge is 2.30. The summed E-state index contributed by atoms with van der Waals surface area (Å²) in [4.78, 5) is 17.5. The van der Waals surface area contributed by atoms with Crippen molar-refractivity contribution in [3.8, 4) is 22.7 Å². The fourth-order valence-corrected chi connectivity index (χ4v) is 5.20. The van der Waals surface area contributed by atoms with Crippen LogP contribution in [0.15, 0.2) is 103 Å². The number of aromatic nitrogens is 2. The molecule has 0 aliphatic rings. The number of hydrogen-bond acceptors (Lipinski definition) is 5. The minimum atomic E-state index is -4.51. The molecule has 0 unspecified atom stereocenters. The number of benzene rings is 3. The lowest BCUT2D eigenvalue weighted by Gasteiger charge is -2.20. The summed E-state index contributed by atoms with van der Waals surface area (Å²) in [6, 6.07) is 19.1. The SMILES string of the molecule is C=CCN(CC(=O)Nc1nc(-c2ccccc2)cn1-c1ccc(C(F)(F)F)cc1)S(=O)(=O)c1ccc(OC)cc1. The molecule has 0 atom stereocenters. The summed E-state index contributed by atoms with van der Waals surface area (Å²) in [6.07, 6.45) is -1.59. The predicted octanol–water partition coefficient (Wildman–Crippen LogP) is 5.38. The molecule has 0 radical (unpaired) electrons. The van der Waals surface area contributed by atoms with Crippen molar-refractivity contribution in [2.45, 2.75) is 11.1 Å². The van der Waals surface area contributed by atoms with Gasteiger partial charge in [0.1, 0.15) is 5.75 Å². The number of carbonyl (C=O) groups is 1. The van der Waals surface area contributed by atoms with E-state index < -0.39 is 34.2 Å². The Balaban J connectivity index is 1.64. The van der Waals surface area contributed by atoms with Crippen LogP contribution in [0.25, 0.3) is 16.9 Å². The number of carbonyl (C=O) groups excluding carboxylic acids is 1. The van der Waals surface area contributed by atoms with Gasteiger partial charge in [-0.1, -0.05) is 36.4 Å². The topological polar surface area (TPSA) is 93.5 Å². The number of hydrogen-bond donors (Lipinski definition) is 1. The Morgan fingerprint density at radius 2 is 1.70 bits per heavy atom. The Kier molecular flexibility index (Phi) is 8.40. The molecule has 0 spiro atoms. The van der Waals surface area contributed by atoms with Gasteiger partial charge in [-0.3, -0.25) is 14.7 Å². The number of rotatable bonds is 10. The third-order valence-electron chi connectivity index (χ3n) is 5.85. The molecule has 0 saturated carbocycles. The second-order valence-electron chi connectivity index (χ2n) is 8.54. The molecule has 1 amide bonds. The summed E-state index contributed by atoms with van der Waals surface area (Å²) in [7, 11) is -2.63. The van der Waals surface area contributed by atoms with Gasteiger partial charge in [0.25, 0.3) is 0 Å². The second-order valence-corrected chi connectivity index (χ2v) is 10.5. The summed E-state index contributed by atoms with van der Waals surface area (Å²) >= 11 is 0. The third-order valence-corrected chi connectivity index (χ3v) is 7.68. The number of anilines is 1. The van der Waals surface area contributed by atoms with E-state index in [1.807, 2.05) is 6.07 Å². The number of nitrogens with one attached hydrogen (secondary N) is 1. The van der Waals surface area contributed by atoms with Gasteiger partial charge in [-0.2, -0.15) is 17.5 Å². The van der Waals surface area contributed by atoms with Crippen LogP contribution in [0.4, 0.5) is 19.1 Å². The lowest BCUT2D eigenvalue weighted by Crippen LogP contribution is -2.38. The van der Waals surface area contributed by atoms with E-state index in [2.05, 4.69) is 16.9 Å². The summed E-state index contributed by atoms with van der Waals surface area (Å²) in [5.74, 6) is -0.238. The van der Waals surface area contributed by atoms with E-state index in [-0.39, 0.29) is 17.4 Å². The van der Waals surface area contributed by atoms with Gasteiger partial charge in [-0.15, -0.1) is 6.58 Å². The first kappa shape index (κ1) is 28.6. The van der Waals surface area contributed by atoms with Crippen LogP contribution in [-0.4, -0.2) is 48.4 Å². The van der Waals surface area contributed by atoms with E-state index >= 15 is 0 Å². The fourth-order valence-electron chi connectivity index (χ4n) is 3.84. The highest BCUT2D eigenvalue weighted by molar-refractivity contribution is 7.89. The Hall–Kier alpha value is -4.42. The molecule has 4 rings (SSSR count). The number of halogens is 3. The number of methoxy groups -OCH3 is 1. The standard InChI is InChI=1S/C28H25F3N4O4S/c1-3-17-34(40(37,38)24-15-13-23(39-2)14-16-24)19-26(36)33-27-32-25(20-7-5-4-6-8-20)18-35(27)22-11-9-21(10-12-22)28(29,30)31/h3-16,18H,1,17,19H2,2H3,(H,32,33,36). The molecular weight excluding hydrogens is 545 g/mol. The Morgan fingerprint density at radius 3 is 2.27 bits per heavy atom. The normalized spacial score (nSPS) is 11.8. The number of sulfonamides is 1. The van der Waals surface area contributed by atoms with Gasteiger partial charge in [0.15, 0.2) is 0 Å². The van der Waals surface area contributed by atoms with Crippen LogP contribution in [-0.2, 0) is 21.0 Å². The predicted molar refractivity (Wildman–Crippen MR) is 145 cm³/mol. The summed E-state index contributed by atoms with van der Waals surface area (Å²) in [5, 5.41) is 2.61. The fraction of sp³-hybridized carbons (Fsp3) is 0.143. The van der Waals surface area contributed by atoms with E-state index in [4.69, 9.17) is 4.74 Å². The van der Waals surface area contributed by atoms with Gasteiger partial charge in [-0.05, 0) is 48.5 Å². The highest BCUT2D eigenvalue weighted by atomic mass is 32.2. The number of amides is 1.